The number of benzene rings is 1. The number of anilines is 2. The minimum Gasteiger partial charge on any atom is -0.447 e. The van der Waals surface area contributed by atoms with E-state index in [9.17, 15) is 36.0 Å². The zero-order valence-electron chi connectivity index (χ0n) is 15.6. The number of nitrogens with two attached hydrogens (primary N) is 1. The number of halogens is 3. The Bertz CT molecular complexity index is 1170. The summed E-state index contributed by atoms with van der Waals surface area (Å²) in [5.74, 6) is -3.38. The Morgan fingerprint density at radius 2 is 1.94 bits per heavy atom. The maximum Gasteiger partial charge on any atom is 0.416 e. The van der Waals surface area contributed by atoms with E-state index < -0.39 is 63.0 Å². The van der Waals surface area contributed by atoms with Crippen molar-refractivity contribution in [3.05, 3.63) is 41.7 Å². The molecule has 1 aliphatic heterocycles. The minimum atomic E-state index is -4.66. The molecule has 3 rings (SSSR count). The molecule has 0 radical (unpaired) electrons. The van der Waals surface area contributed by atoms with Gasteiger partial charge < -0.3 is 14.5 Å². The summed E-state index contributed by atoms with van der Waals surface area (Å²) < 4.78 is 70.9. The first-order chi connectivity index (χ1) is 14.3. The van der Waals surface area contributed by atoms with Gasteiger partial charge in [0.2, 0.25) is 16.8 Å². The van der Waals surface area contributed by atoms with Gasteiger partial charge in [-0.05, 0) is 37.3 Å². The Morgan fingerprint density at radius 3 is 2.52 bits per heavy atom. The van der Waals surface area contributed by atoms with E-state index in [0.717, 1.165) is 29.2 Å². The number of furan rings is 1. The van der Waals surface area contributed by atoms with Gasteiger partial charge in [0, 0.05) is 0 Å². The number of amides is 2. The fourth-order valence-electron chi connectivity index (χ4n) is 2.73. The summed E-state index contributed by atoms with van der Waals surface area (Å²) >= 11 is 0. The fourth-order valence-corrected chi connectivity index (χ4v) is 3.20. The van der Waals surface area contributed by atoms with Crippen LogP contribution >= 0.6 is 0 Å². The Morgan fingerprint density at radius 1 is 1.26 bits per heavy atom. The lowest BCUT2D eigenvalue weighted by atomic mass is 10.1. The van der Waals surface area contributed by atoms with Crippen molar-refractivity contribution in [3.8, 4) is 0 Å². The number of primary sulfonamides is 1. The topological polar surface area (TPSA) is 149 Å². The van der Waals surface area contributed by atoms with Gasteiger partial charge >= 0.3 is 12.1 Å². The van der Waals surface area contributed by atoms with Gasteiger partial charge in [0.15, 0.2) is 6.10 Å². The Kier molecular flexibility index (Phi) is 5.54. The van der Waals surface area contributed by atoms with Gasteiger partial charge in [-0.1, -0.05) is 0 Å². The lowest BCUT2D eigenvalue weighted by Gasteiger charge is -2.31. The third-order valence-corrected chi connectivity index (χ3v) is 4.93. The van der Waals surface area contributed by atoms with Gasteiger partial charge in [0.05, 0.1) is 16.9 Å². The van der Waals surface area contributed by atoms with E-state index in [-0.39, 0.29) is 11.4 Å². The average Bonchev–Trinajstić information content (AvgIpc) is 3.16. The number of carbonyl (C=O) groups is 3. The summed E-state index contributed by atoms with van der Waals surface area (Å²) in [4.78, 5) is 37.6. The number of nitrogens with one attached hydrogen (secondary N) is 1. The van der Waals surface area contributed by atoms with E-state index in [1.54, 1.807) is 0 Å². The van der Waals surface area contributed by atoms with Crippen LogP contribution in [0.25, 0.3) is 0 Å². The first-order valence-electron chi connectivity index (χ1n) is 8.43. The van der Waals surface area contributed by atoms with E-state index in [0.29, 0.717) is 6.07 Å². The molecule has 10 nitrogen and oxygen atoms in total. The molecule has 0 aliphatic carbocycles. The smallest absolute Gasteiger partial charge is 0.416 e. The standard InChI is InChI=1S/C17H14F3N3O7S/c1-8(29-16(26)12-4-5-14(30-12)31(21,27)28)15(25)23-7-13(24)22-10-6-9(17(18,19)20)2-3-11(10)23/h2-6,8H,7H2,1H3,(H,22,24)(H2,21,27,28). The van der Waals surface area contributed by atoms with Crippen molar-refractivity contribution in [1.29, 1.82) is 0 Å². The molecule has 1 atom stereocenters. The summed E-state index contributed by atoms with van der Waals surface area (Å²) in [6.45, 7) is 0.648. The molecule has 0 spiro atoms. The lowest BCUT2D eigenvalue weighted by molar-refractivity contribution is -0.137. The van der Waals surface area contributed by atoms with Crippen LogP contribution in [0.2, 0.25) is 0 Å². The van der Waals surface area contributed by atoms with Crippen molar-refractivity contribution in [2.75, 3.05) is 16.8 Å². The highest BCUT2D eigenvalue weighted by Crippen LogP contribution is 2.37. The molecule has 2 amide bonds. The zero-order chi connectivity index (χ0) is 23.1. The molecule has 0 saturated heterocycles. The van der Waals surface area contributed by atoms with Gasteiger partial charge in [-0.2, -0.15) is 13.2 Å². The Balaban J connectivity index is 1.80. The first kappa shape index (κ1) is 22.3. The number of sulfonamides is 1. The molecule has 14 heteroatoms. The predicted octanol–water partition coefficient (Wildman–Crippen LogP) is 1.48. The second-order valence-electron chi connectivity index (χ2n) is 6.41. The van der Waals surface area contributed by atoms with Crippen molar-refractivity contribution in [3.63, 3.8) is 0 Å². The number of hydrogen-bond donors (Lipinski definition) is 2. The molecule has 31 heavy (non-hydrogen) atoms. The normalized spacial score (nSPS) is 15.1. The molecular weight excluding hydrogens is 447 g/mol. The summed E-state index contributed by atoms with van der Waals surface area (Å²) in [6, 6.07) is 4.32. The van der Waals surface area contributed by atoms with E-state index in [4.69, 9.17) is 14.3 Å². The van der Waals surface area contributed by atoms with Gasteiger partial charge in [-0.15, -0.1) is 0 Å². The Hall–Kier alpha value is -3.39. The number of carbonyl (C=O) groups excluding carboxylic acids is 3. The number of hydrogen-bond acceptors (Lipinski definition) is 7. The minimum absolute atomic E-state index is 0.0185. The van der Waals surface area contributed by atoms with Crippen LogP contribution in [0.1, 0.15) is 23.0 Å². The number of ether oxygens (including phenoxy) is 1. The van der Waals surface area contributed by atoms with Crippen molar-refractivity contribution in [2.45, 2.75) is 24.3 Å². The number of nitrogens with zero attached hydrogens (tertiary/aromatic N) is 1. The second kappa shape index (κ2) is 7.70. The van der Waals surface area contributed by atoms with Crippen LogP contribution < -0.4 is 15.4 Å². The quantitative estimate of drug-likeness (QED) is 0.655. The van der Waals surface area contributed by atoms with Crippen molar-refractivity contribution in [2.24, 2.45) is 5.14 Å². The van der Waals surface area contributed by atoms with Crippen molar-refractivity contribution < 1.29 is 45.1 Å². The van der Waals surface area contributed by atoms with Gasteiger partial charge in [-0.3, -0.25) is 14.5 Å². The molecule has 3 N–H and O–H groups in total. The molecule has 1 aromatic carbocycles. The van der Waals surface area contributed by atoms with E-state index in [1.807, 2.05) is 0 Å². The average molecular weight is 461 g/mol. The summed E-state index contributed by atoms with van der Waals surface area (Å²) in [5, 5.41) is 6.43. The molecule has 2 heterocycles. The molecule has 0 saturated carbocycles. The third-order valence-electron chi connectivity index (χ3n) is 4.15. The van der Waals surface area contributed by atoms with Crippen LogP contribution in [0, 0.1) is 0 Å². The summed E-state index contributed by atoms with van der Waals surface area (Å²) in [5.41, 5.74) is -1.28. The number of alkyl halides is 3. The van der Waals surface area contributed by atoms with E-state index >= 15 is 0 Å². The summed E-state index contributed by atoms with van der Waals surface area (Å²) in [7, 11) is -4.21. The number of rotatable bonds is 4. The van der Waals surface area contributed by atoms with Gasteiger partial charge in [0.1, 0.15) is 6.54 Å². The van der Waals surface area contributed by atoms with Crippen LogP contribution in [0.5, 0.6) is 0 Å². The second-order valence-corrected chi connectivity index (χ2v) is 7.91. The maximum atomic E-state index is 12.9. The SMILES string of the molecule is CC(OC(=O)c1ccc(S(N)(=O)=O)o1)C(=O)N1CC(=O)Nc2cc(C(F)(F)F)ccc21. The highest BCUT2D eigenvalue weighted by atomic mass is 32.2. The molecule has 1 aromatic heterocycles. The molecule has 166 valence electrons. The molecule has 2 aromatic rings. The van der Waals surface area contributed by atoms with Crippen molar-refractivity contribution >= 4 is 39.2 Å². The maximum absolute atomic E-state index is 12.9. The van der Waals surface area contributed by atoms with Crippen LogP contribution in [-0.2, 0) is 30.5 Å². The van der Waals surface area contributed by atoms with Gasteiger partial charge in [0.25, 0.3) is 15.9 Å². The predicted molar refractivity (Wildman–Crippen MR) is 97.4 cm³/mol. The molecule has 0 fully saturated rings. The monoisotopic (exact) mass is 461 g/mol. The Labute approximate surface area is 172 Å². The molecule has 1 aliphatic rings. The number of fused-ring (bicyclic) bond motifs is 1. The van der Waals surface area contributed by atoms with Crippen LogP contribution in [-0.4, -0.2) is 38.9 Å². The van der Waals surface area contributed by atoms with Crippen molar-refractivity contribution in [1.82, 2.24) is 0 Å². The highest BCUT2D eigenvalue weighted by Gasteiger charge is 2.36. The molecular formula is C17H14F3N3O7S. The lowest BCUT2D eigenvalue weighted by Crippen LogP contribution is -2.47. The molecule has 0 bridgehead atoms. The van der Waals surface area contributed by atoms with Crippen LogP contribution in [0.3, 0.4) is 0 Å². The zero-order valence-corrected chi connectivity index (χ0v) is 16.4. The first-order valence-corrected chi connectivity index (χ1v) is 9.98. The van der Waals surface area contributed by atoms with Crippen LogP contribution in [0.4, 0.5) is 24.5 Å². The highest BCUT2D eigenvalue weighted by molar-refractivity contribution is 7.89. The van der Waals surface area contributed by atoms with E-state index in [1.165, 1.54) is 6.92 Å². The molecule has 1 unspecified atom stereocenters. The van der Waals surface area contributed by atoms with E-state index in [2.05, 4.69) is 5.32 Å². The fraction of sp³-hybridized carbons (Fsp3) is 0.235. The summed E-state index contributed by atoms with van der Waals surface area (Å²) in [6.07, 6.45) is -6.15. The number of esters is 1. The van der Waals surface area contributed by atoms with Gasteiger partial charge in [-0.25, -0.2) is 18.4 Å². The van der Waals surface area contributed by atoms with Crippen LogP contribution in [0.15, 0.2) is 39.8 Å². The largest absolute Gasteiger partial charge is 0.447 e. The third kappa shape index (κ3) is 4.69.